The van der Waals surface area contributed by atoms with Gasteiger partial charge in [0, 0.05) is 13.7 Å². The summed E-state index contributed by atoms with van der Waals surface area (Å²) in [4.78, 5) is 22.1. The highest BCUT2D eigenvalue weighted by Crippen LogP contribution is 2.00. The maximum atomic E-state index is 11.7. The van der Waals surface area contributed by atoms with Gasteiger partial charge in [-0.05, 0) is 5.56 Å². The molecule has 3 N–H and O–H groups in total. The smallest absolute Gasteiger partial charge is 0.407 e. The normalized spacial score (nSPS) is 11.7. The van der Waals surface area contributed by atoms with Gasteiger partial charge in [0.15, 0.2) is 0 Å². The van der Waals surface area contributed by atoms with Gasteiger partial charge in [-0.2, -0.15) is 0 Å². The minimum Gasteiger partial charge on any atom is -0.480 e. The fourth-order valence-corrected chi connectivity index (χ4v) is 1.64. The van der Waals surface area contributed by atoms with E-state index >= 15 is 0 Å². The van der Waals surface area contributed by atoms with Crippen LogP contribution in [0.3, 0.4) is 0 Å². The molecule has 116 valence electrons. The van der Waals surface area contributed by atoms with Gasteiger partial charge in [-0.25, -0.2) is 4.79 Å². The van der Waals surface area contributed by atoms with Crippen molar-refractivity contribution in [1.82, 2.24) is 10.6 Å². The average Bonchev–Trinajstić information content (AvgIpc) is 2.46. The third kappa shape index (κ3) is 7.91. The molecule has 21 heavy (non-hydrogen) atoms. The molecule has 1 aromatic rings. The number of carboxylic acid groups (broad SMARTS) is 1. The lowest BCUT2D eigenvalue weighted by Crippen LogP contribution is -2.45. The van der Waals surface area contributed by atoms with E-state index in [-0.39, 0.29) is 32.3 Å². The highest BCUT2D eigenvalue weighted by Gasteiger charge is 2.13. The molecular formula is C14H20N2O5. The van der Waals surface area contributed by atoms with Gasteiger partial charge in [0.05, 0.1) is 19.2 Å². The van der Waals surface area contributed by atoms with Crippen LogP contribution in [0.15, 0.2) is 30.3 Å². The Morgan fingerprint density at radius 3 is 2.62 bits per heavy atom. The van der Waals surface area contributed by atoms with Crippen LogP contribution in [-0.2, 0) is 20.9 Å². The number of hydrogen-bond acceptors (Lipinski definition) is 5. The van der Waals surface area contributed by atoms with E-state index in [9.17, 15) is 9.59 Å². The summed E-state index contributed by atoms with van der Waals surface area (Å²) in [6.07, 6.45) is -0.571. The standard InChI is InChI=1S/C14H20N2O5/c1-20-10-12(7-15-8-13(17)18)16-14(19)21-9-11-5-3-2-4-6-11/h2-6,12,15H,7-10H2,1H3,(H,16,19)(H,17,18)/t12-/m0/s1. The summed E-state index contributed by atoms with van der Waals surface area (Å²) >= 11 is 0. The molecule has 1 amide bonds. The molecule has 0 heterocycles. The predicted octanol–water partition coefficient (Wildman–Crippen LogP) is 0.602. The largest absolute Gasteiger partial charge is 0.480 e. The number of amides is 1. The van der Waals surface area contributed by atoms with Crippen LogP contribution in [-0.4, -0.2) is 50.0 Å². The van der Waals surface area contributed by atoms with Crippen molar-refractivity contribution in [2.24, 2.45) is 0 Å². The lowest BCUT2D eigenvalue weighted by Gasteiger charge is -2.18. The average molecular weight is 296 g/mol. The van der Waals surface area contributed by atoms with E-state index in [0.717, 1.165) is 5.56 Å². The van der Waals surface area contributed by atoms with Gasteiger partial charge in [-0.15, -0.1) is 0 Å². The molecule has 0 spiro atoms. The number of benzene rings is 1. The molecule has 0 saturated carbocycles. The van der Waals surface area contributed by atoms with Crippen molar-refractivity contribution >= 4 is 12.1 Å². The Labute approximate surface area is 123 Å². The van der Waals surface area contributed by atoms with Crippen LogP contribution in [0.1, 0.15) is 5.56 Å². The summed E-state index contributed by atoms with van der Waals surface area (Å²) in [5.74, 6) is -0.960. The van der Waals surface area contributed by atoms with Crippen molar-refractivity contribution in [3.05, 3.63) is 35.9 Å². The van der Waals surface area contributed by atoms with Gasteiger partial charge in [0.1, 0.15) is 6.61 Å². The molecule has 1 rings (SSSR count). The number of ether oxygens (including phenoxy) is 2. The summed E-state index contributed by atoms with van der Waals surface area (Å²) < 4.78 is 10.1. The zero-order valence-corrected chi connectivity index (χ0v) is 11.9. The molecule has 0 saturated heterocycles. The Kier molecular flexibility index (Phi) is 7.85. The highest BCUT2D eigenvalue weighted by molar-refractivity contribution is 5.69. The fraction of sp³-hybridized carbons (Fsp3) is 0.429. The third-order valence-electron chi connectivity index (χ3n) is 2.57. The van der Waals surface area contributed by atoms with E-state index in [1.165, 1.54) is 7.11 Å². The molecule has 1 atom stereocenters. The van der Waals surface area contributed by atoms with Crippen LogP contribution in [0.5, 0.6) is 0 Å². The molecular weight excluding hydrogens is 276 g/mol. The van der Waals surface area contributed by atoms with E-state index in [0.29, 0.717) is 0 Å². The fourth-order valence-electron chi connectivity index (χ4n) is 1.64. The Morgan fingerprint density at radius 2 is 2.00 bits per heavy atom. The van der Waals surface area contributed by atoms with E-state index in [1.807, 2.05) is 30.3 Å². The zero-order valence-electron chi connectivity index (χ0n) is 11.9. The first-order valence-electron chi connectivity index (χ1n) is 6.50. The van der Waals surface area contributed by atoms with Crippen molar-refractivity contribution in [3.63, 3.8) is 0 Å². The molecule has 0 unspecified atom stereocenters. The van der Waals surface area contributed by atoms with Crippen molar-refractivity contribution in [3.8, 4) is 0 Å². The van der Waals surface area contributed by atoms with Crippen LogP contribution < -0.4 is 10.6 Å². The molecule has 0 aromatic heterocycles. The van der Waals surface area contributed by atoms with E-state index < -0.39 is 12.1 Å². The SMILES string of the molecule is COC[C@H](CNCC(=O)O)NC(=O)OCc1ccccc1. The molecule has 0 aliphatic rings. The van der Waals surface area contributed by atoms with E-state index in [4.69, 9.17) is 14.6 Å². The lowest BCUT2D eigenvalue weighted by molar-refractivity contribution is -0.135. The van der Waals surface area contributed by atoms with Gasteiger partial charge in [-0.3, -0.25) is 4.79 Å². The molecule has 7 heteroatoms. The second-order valence-electron chi connectivity index (χ2n) is 4.38. The van der Waals surface area contributed by atoms with Crippen molar-refractivity contribution in [2.75, 3.05) is 26.8 Å². The van der Waals surface area contributed by atoms with Gasteiger partial charge >= 0.3 is 12.1 Å². The molecule has 0 bridgehead atoms. The number of carbonyl (C=O) groups is 2. The molecule has 0 aliphatic carbocycles. The number of methoxy groups -OCH3 is 1. The summed E-state index contributed by atoms with van der Waals surface area (Å²) in [6.45, 7) is 0.531. The predicted molar refractivity (Wildman–Crippen MR) is 75.9 cm³/mol. The number of rotatable bonds is 9. The first-order valence-corrected chi connectivity index (χ1v) is 6.50. The summed E-state index contributed by atoms with van der Waals surface area (Å²) in [5.41, 5.74) is 0.889. The summed E-state index contributed by atoms with van der Waals surface area (Å²) in [6, 6.07) is 8.95. The van der Waals surface area contributed by atoms with Gasteiger partial charge < -0.3 is 25.2 Å². The summed E-state index contributed by atoms with van der Waals surface area (Å²) in [7, 11) is 1.50. The Morgan fingerprint density at radius 1 is 1.29 bits per heavy atom. The first-order chi connectivity index (χ1) is 10.1. The monoisotopic (exact) mass is 296 g/mol. The second-order valence-corrected chi connectivity index (χ2v) is 4.38. The molecule has 7 nitrogen and oxygen atoms in total. The quantitative estimate of drug-likeness (QED) is 0.617. The number of carbonyl (C=O) groups excluding carboxylic acids is 1. The highest BCUT2D eigenvalue weighted by atomic mass is 16.5. The molecule has 0 radical (unpaired) electrons. The van der Waals surface area contributed by atoms with Gasteiger partial charge in [-0.1, -0.05) is 30.3 Å². The van der Waals surface area contributed by atoms with Crippen molar-refractivity contribution in [2.45, 2.75) is 12.6 Å². The Balaban J connectivity index is 2.32. The topological polar surface area (TPSA) is 96.9 Å². The Bertz CT molecular complexity index is 438. The minimum atomic E-state index is -0.960. The van der Waals surface area contributed by atoms with Crippen LogP contribution >= 0.6 is 0 Å². The first kappa shape index (κ1) is 16.9. The maximum absolute atomic E-state index is 11.7. The molecule has 0 fully saturated rings. The van der Waals surface area contributed by atoms with Gasteiger partial charge in [0.25, 0.3) is 0 Å². The molecule has 1 aromatic carbocycles. The number of carboxylic acids is 1. The number of hydrogen-bond donors (Lipinski definition) is 3. The maximum Gasteiger partial charge on any atom is 0.407 e. The number of aliphatic carboxylic acids is 1. The van der Waals surface area contributed by atoms with Crippen molar-refractivity contribution in [1.29, 1.82) is 0 Å². The summed E-state index contributed by atoms with van der Waals surface area (Å²) in [5, 5.41) is 13.9. The zero-order chi connectivity index (χ0) is 15.5. The number of alkyl carbamates (subject to hydrolysis) is 1. The number of nitrogens with one attached hydrogen (secondary N) is 2. The van der Waals surface area contributed by atoms with Gasteiger partial charge in [0.2, 0.25) is 0 Å². The molecule has 0 aliphatic heterocycles. The van der Waals surface area contributed by atoms with Crippen LogP contribution in [0.2, 0.25) is 0 Å². The van der Waals surface area contributed by atoms with Crippen LogP contribution in [0.25, 0.3) is 0 Å². The van der Waals surface area contributed by atoms with E-state index in [2.05, 4.69) is 10.6 Å². The Hall–Kier alpha value is -2.12. The lowest BCUT2D eigenvalue weighted by atomic mass is 10.2. The minimum absolute atomic E-state index is 0.176. The van der Waals surface area contributed by atoms with Crippen molar-refractivity contribution < 1.29 is 24.2 Å². The van der Waals surface area contributed by atoms with Crippen LogP contribution in [0.4, 0.5) is 4.79 Å². The third-order valence-corrected chi connectivity index (χ3v) is 2.57. The van der Waals surface area contributed by atoms with Crippen LogP contribution in [0, 0.1) is 0 Å². The second kappa shape index (κ2) is 9.73. The van der Waals surface area contributed by atoms with E-state index in [1.54, 1.807) is 0 Å².